The minimum atomic E-state index is -3.31. The summed E-state index contributed by atoms with van der Waals surface area (Å²) >= 11 is -3.31. The Morgan fingerprint density at radius 1 is 1.33 bits per heavy atom. The predicted molar refractivity (Wildman–Crippen MR) is 61.6 cm³/mol. The quantitative estimate of drug-likeness (QED) is 0.485. The van der Waals surface area contributed by atoms with Crippen molar-refractivity contribution in [3.05, 3.63) is 35.9 Å². The fraction of sp³-hybridized carbons (Fsp3) is 0.300. The molecule has 0 aromatic heterocycles. The first-order valence-corrected chi connectivity index (χ1v) is 7.65. The Morgan fingerprint density at radius 3 is 2.47 bits per heavy atom. The molecule has 5 heteroatoms. The fourth-order valence-corrected chi connectivity index (χ4v) is 2.23. The van der Waals surface area contributed by atoms with Crippen LogP contribution in [0.1, 0.15) is 17.3 Å². The van der Waals surface area contributed by atoms with Gasteiger partial charge in [0.05, 0.1) is 9.99 Å². The van der Waals surface area contributed by atoms with Gasteiger partial charge in [-0.05, 0) is 19.1 Å². The van der Waals surface area contributed by atoms with E-state index >= 15 is 0 Å². The molecule has 0 spiro atoms. The van der Waals surface area contributed by atoms with Gasteiger partial charge in [0.2, 0.25) is 0 Å². The van der Waals surface area contributed by atoms with Gasteiger partial charge in [-0.1, -0.05) is 18.2 Å². The average molecular weight is 322 g/mol. The van der Waals surface area contributed by atoms with Gasteiger partial charge in [0.15, 0.2) is 0 Å². The van der Waals surface area contributed by atoms with E-state index in [2.05, 4.69) is 0 Å². The topological polar surface area (TPSA) is 60.4 Å². The number of carbonyl (C=O) groups is 1. The van der Waals surface area contributed by atoms with Crippen molar-refractivity contribution in [2.24, 2.45) is 0 Å². The van der Waals surface area contributed by atoms with Gasteiger partial charge < -0.3 is 4.74 Å². The Morgan fingerprint density at radius 2 is 1.93 bits per heavy atom. The molecule has 1 atom stereocenters. The van der Waals surface area contributed by atoms with Crippen LogP contribution < -0.4 is 0 Å². The monoisotopic (exact) mass is 322 g/mol. The van der Waals surface area contributed by atoms with Crippen LogP contribution in [0, 0.1) is 0 Å². The van der Waals surface area contributed by atoms with Gasteiger partial charge in [0.1, 0.15) is 6.10 Å². The van der Waals surface area contributed by atoms with Crippen LogP contribution in [0.15, 0.2) is 30.3 Å². The number of hydrogen-bond acceptors (Lipinski definition) is 4. The lowest BCUT2D eigenvalue weighted by Gasteiger charge is -2.09. The van der Waals surface area contributed by atoms with Crippen LogP contribution in [-0.2, 0) is 10.9 Å². The van der Waals surface area contributed by atoms with E-state index in [1.165, 1.54) is 0 Å². The van der Waals surface area contributed by atoms with E-state index in [4.69, 9.17) is 4.74 Å². The van der Waals surface area contributed by atoms with Crippen LogP contribution in [0.3, 0.4) is 0 Å². The Balaban J connectivity index is 2.56. The number of rotatable bonds is 4. The highest BCUT2D eigenvalue weighted by Gasteiger charge is 2.12. The summed E-state index contributed by atoms with van der Waals surface area (Å²) in [6, 6.07) is 8.49. The molecule has 1 aromatic rings. The molecule has 0 heterocycles. The number of esters is 1. The van der Waals surface area contributed by atoms with Crippen molar-refractivity contribution in [2.75, 3.05) is 4.43 Å². The molecule has 0 aliphatic carbocycles. The van der Waals surface area contributed by atoms with Crippen LogP contribution in [0.25, 0.3) is 0 Å². The Hall–Kier alpha value is -0.980. The maximum atomic E-state index is 11.4. The van der Waals surface area contributed by atoms with Crippen LogP contribution in [-0.4, -0.2) is 16.5 Å². The molecule has 0 saturated carbocycles. The van der Waals surface area contributed by atoms with Crippen LogP contribution in [0.2, 0.25) is 0 Å². The number of halogens is 1. The summed E-state index contributed by atoms with van der Waals surface area (Å²) in [6.45, 7) is 1.57. The Bertz CT molecular complexity index is 389. The minimum Gasteiger partial charge on any atom is -0.458 e. The molecule has 0 aliphatic heterocycles. The molecular weight excluding hydrogens is 311 g/mol. The van der Waals surface area contributed by atoms with Crippen LogP contribution in [0.4, 0.5) is 0 Å². The van der Waals surface area contributed by atoms with Gasteiger partial charge in [-0.15, -0.1) is 0 Å². The highest BCUT2D eigenvalue weighted by atomic mass is 127. The molecule has 0 N–H and O–H groups in total. The van der Waals surface area contributed by atoms with E-state index < -0.39 is 31.9 Å². The third-order valence-corrected chi connectivity index (χ3v) is 3.62. The van der Waals surface area contributed by atoms with Crippen molar-refractivity contribution in [3.63, 3.8) is 0 Å². The zero-order chi connectivity index (χ0) is 11.3. The summed E-state index contributed by atoms with van der Waals surface area (Å²) in [5, 5.41) is 0. The van der Waals surface area contributed by atoms with Gasteiger partial charge in [-0.25, -0.2) is 10.9 Å². The first-order chi connectivity index (χ1) is 7.09. The molecule has 15 heavy (non-hydrogen) atoms. The summed E-state index contributed by atoms with van der Waals surface area (Å²) in [5.74, 6) is -0.485. The van der Waals surface area contributed by atoms with Gasteiger partial charge in [0.25, 0.3) is 0 Å². The molecule has 1 rings (SSSR count). The second-order valence-corrected chi connectivity index (χ2v) is 5.50. The Kier molecular flexibility index (Phi) is 4.67. The Labute approximate surface area is 94.8 Å². The second kappa shape index (κ2) is 5.79. The molecular formula is C10H11IO4. The molecule has 82 valence electrons. The standard InChI is InChI=1S/C10H11IO4/c1-8(7-11(13)14)15-10(12)9-5-3-2-4-6-9/h2-6,8H,7H2,1H3. The molecule has 0 fully saturated rings. The van der Waals surface area contributed by atoms with Crippen molar-refractivity contribution in [3.8, 4) is 0 Å². The third kappa shape index (κ3) is 4.37. The van der Waals surface area contributed by atoms with Gasteiger partial charge in [-0.2, -0.15) is 0 Å². The van der Waals surface area contributed by atoms with Crippen LogP contribution >= 0.6 is 19.8 Å². The van der Waals surface area contributed by atoms with Crippen LogP contribution in [0.5, 0.6) is 0 Å². The van der Waals surface area contributed by atoms with E-state index in [-0.39, 0.29) is 4.43 Å². The molecule has 0 aliphatic rings. The fourth-order valence-electron chi connectivity index (χ4n) is 1.03. The van der Waals surface area contributed by atoms with Crippen molar-refractivity contribution >= 4 is 25.8 Å². The van der Waals surface area contributed by atoms with E-state index in [0.717, 1.165) is 0 Å². The predicted octanol–water partition coefficient (Wildman–Crippen LogP) is 2.43. The van der Waals surface area contributed by atoms with E-state index in [1.807, 2.05) is 0 Å². The number of hydrogen-bond donors (Lipinski definition) is 0. The molecule has 0 radical (unpaired) electrons. The molecule has 0 amide bonds. The van der Waals surface area contributed by atoms with Crippen molar-refractivity contribution < 1.29 is 15.7 Å². The summed E-state index contributed by atoms with van der Waals surface area (Å²) in [4.78, 5) is 11.4. The number of benzene rings is 1. The highest BCUT2D eigenvalue weighted by molar-refractivity contribution is 14.2. The second-order valence-electron chi connectivity index (χ2n) is 3.02. The summed E-state index contributed by atoms with van der Waals surface area (Å²) in [7, 11) is 0. The molecule has 1 unspecified atom stereocenters. The lowest BCUT2D eigenvalue weighted by molar-refractivity contribution is 0.0390. The van der Waals surface area contributed by atoms with E-state index in [9.17, 15) is 10.9 Å². The summed E-state index contributed by atoms with van der Waals surface area (Å²) in [6.07, 6.45) is -0.571. The first-order valence-electron chi connectivity index (χ1n) is 4.37. The van der Waals surface area contributed by atoms with Gasteiger partial charge >= 0.3 is 25.8 Å². The SMILES string of the molecule is CC(CI(=O)=O)OC(=O)c1ccccc1. The molecule has 0 bridgehead atoms. The number of carbonyl (C=O) groups excluding carboxylic acids is 1. The summed E-state index contributed by atoms with van der Waals surface area (Å²) in [5.41, 5.74) is 0.432. The number of alkyl halides is 1. The first kappa shape index (κ1) is 12.1. The third-order valence-electron chi connectivity index (χ3n) is 1.66. The maximum absolute atomic E-state index is 11.4. The van der Waals surface area contributed by atoms with Gasteiger partial charge in [-0.3, -0.25) is 0 Å². The average Bonchev–Trinajstić information content (AvgIpc) is 2.17. The normalized spacial score (nSPS) is 12.4. The smallest absolute Gasteiger partial charge is 0.338 e. The zero-order valence-electron chi connectivity index (χ0n) is 8.18. The summed E-state index contributed by atoms with van der Waals surface area (Å²) < 4.78 is 25.8. The molecule has 4 nitrogen and oxygen atoms in total. The molecule has 1 aromatic carbocycles. The van der Waals surface area contributed by atoms with Gasteiger partial charge in [0, 0.05) is 0 Å². The largest absolute Gasteiger partial charge is 0.458 e. The van der Waals surface area contributed by atoms with Crippen molar-refractivity contribution in [2.45, 2.75) is 13.0 Å². The minimum absolute atomic E-state index is 0.0531. The van der Waals surface area contributed by atoms with E-state index in [1.54, 1.807) is 37.3 Å². The van der Waals surface area contributed by atoms with Crippen molar-refractivity contribution in [1.29, 1.82) is 0 Å². The highest BCUT2D eigenvalue weighted by Crippen LogP contribution is 2.11. The lowest BCUT2D eigenvalue weighted by Crippen LogP contribution is -2.16. The molecule has 0 saturated heterocycles. The maximum Gasteiger partial charge on any atom is 0.338 e. The lowest BCUT2D eigenvalue weighted by atomic mass is 10.2. The van der Waals surface area contributed by atoms with E-state index in [0.29, 0.717) is 5.56 Å². The van der Waals surface area contributed by atoms with Crippen molar-refractivity contribution in [1.82, 2.24) is 0 Å². The zero-order valence-corrected chi connectivity index (χ0v) is 10.3. The number of ether oxygens (including phenoxy) is 1.